The fraction of sp³-hybridized carbons (Fsp3) is 0.333. The SMILES string of the molecule is O=C(CSc1ccnc2ccccc12)NC1(c2ccc3c(c2)OCCO3)CCCC1. The van der Waals surface area contributed by atoms with E-state index in [4.69, 9.17) is 9.47 Å². The standard InChI is InChI=1S/C24H24N2O3S/c27-23(16-30-22-9-12-25-19-6-2-1-5-18(19)22)26-24(10-3-4-11-24)17-7-8-20-21(15-17)29-14-13-28-20/h1-2,5-9,12,15H,3-4,10-11,13-14,16H2,(H,26,27). The van der Waals surface area contributed by atoms with Gasteiger partial charge in [0, 0.05) is 16.5 Å². The number of amides is 1. The number of ether oxygens (including phenoxy) is 2. The van der Waals surface area contributed by atoms with E-state index in [0.717, 1.165) is 58.5 Å². The van der Waals surface area contributed by atoms with Crippen LogP contribution >= 0.6 is 11.8 Å². The zero-order chi connectivity index (χ0) is 20.4. The second-order valence-corrected chi connectivity index (χ2v) is 8.83. The van der Waals surface area contributed by atoms with Gasteiger partial charge in [-0.15, -0.1) is 11.8 Å². The van der Waals surface area contributed by atoms with E-state index in [9.17, 15) is 4.79 Å². The number of carbonyl (C=O) groups is 1. The summed E-state index contributed by atoms with van der Waals surface area (Å²) in [5, 5.41) is 4.45. The molecule has 2 heterocycles. The molecule has 0 saturated heterocycles. The fourth-order valence-corrected chi connectivity index (χ4v) is 5.29. The number of aromatic nitrogens is 1. The predicted molar refractivity (Wildman–Crippen MR) is 118 cm³/mol. The van der Waals surface area contributed by atoms with Crippen molar-refractivity contribution in [2.24, 2.45) is 0 Å². The quantitative estimate of drug-likeness (QED) is 0.607. The average Bonchev–Trinajstić information content (AvgIpc) is 3.27. The summed E-state index contributed by atoms with van der Waals surface area (Å²) < 4.78 is 11.4. The van der Waals surface area contributed by atoms with Gasteiger partial charge < -0.3 is 14.8 Å². The highest BCUT2D eigenvalue weighted by Gasteiger charge is 2.37. The van der Waals surface area contributed by atoms with Crippen molar-refractivity contribution in [2.45, 2.75) is 36.1 Å². The fourth-order valence-electron chi connectivity index (χ4n) is 4.45. The van der Waals surface area contributed by atoms with Crippen molar-refractivity contribution in [3.8, 4) is 11.5 Å². The Bertz CT molecular complexity index is 1070. The summed E-state index contributed by atoms with van der Waals surface area (Å²) in [6.07, 6.45) is 5.91. The van der Waals surface area contributed by atoms with Crippen molar-refractivity contribution in [2.75, 3.05) is 19.0 Å². The van der Waals surface area contributed by atoms with Gasteiger partial charge in [-0.05, 0) is 42.7 Å². The molecular weight excluding hydrogens is 396 g/mol. The molecule has 2 aromatic carbocycles. The molecule has 154 valence electrons. The van der Waals surface area contributed by atoms with Gasteiger partial charge in [-0.1, -0.05) is 37.1 Å². The van der Waals surface area contributed by atoms with Crippen LogP contribution in [0.15, 0.2) is 59.6 Å². The molecule has 0 radical (unpaired) electrons. The number of thioether (sulfide) groups is 1. The van der Waals surface area contributed by atoms with Gasteiger partial charge in [0.1, 0.15) is 13.2 Å². The molecule has 1 fully saturated rings. The van der Waals surface area contributed by atoms with Gasteiger partial charge >= 0.3 is 0 Å². The zero-order valence-electron chi connectivity index (χ0n) is 16.7. The van der Waals surface area contributed by atoms with E-state index in [1.54, 1.807) is 18.0 Å². The molecule has 0 spiro atoms. The van der Waals surface area contributed by atoms with Crippen LogP contribution < -0.4 is 14.8 Å². The largest absolute Gasteiger partial charge is 0.486 e. The Morgan fingerprint density at radius 3 is 2.70 bits per heavy atom. The second-order valence-electron chi connectivity index (χ2n) is 7.81. The van der Waals surface area contributed by atoms with Crippen molar-refractivity contribution in [1.82, 2.24) is 10.3 Å². The number of hydrogen-bond donors (Lipinski definition) is 1. The molecule has 5 rings (SSSR count). The molecule has 1 amide bonds. The Labute approximate surface area is 180 Å². The Hall–Kier alpha value is -2.73. The van der Waals surface area contributed by atoms with Crippen molar-refractivity contribution in [3.63, 3.8) is 0 Å². The minimum Gasteiger partial charge on any atom is -0.486 e. The van der Waals surface area contributed by atoms with Crippen molar-refractivity contribution >= 4 is 28.6 Å². The molecule has 6 heteroatoms. The number of nitrogens with zero attached hydrogens (tertiary/aromatic N) is 1. The van der Waals surface area contributed by atoms with Crippen molar-refractivity contribution < 1.29 is 14.3 Å². The molecule has 1 saturated carbocycles. The van der Waals surface area contributed by atoms with Crippen LogP contribution in [0.3, 0.4) is 0 Å². The molecule has 1 aliphatic carbocycles. The summed E-state index contributed by atoms with van der Waals surface area (Å²) in [6.45, 7) is 1.14. The summed E-state index contributed by atoms with van der Waals surface area (Å²) in [7, 11) is 0. The topological polar surface area (TPSA) is 60.5 Å². The first-order valence-electron chi connectivity index (χ1n) is 10.4. The van der Waals surface area contributed by atoms with Gasteiger partial charge in [-0.2, -0.15) is 0 Å². The van der Waals surface area contributed by atoms with E-state index >= 15 is 0 Å². The van der Waals surface area contributed by atoms with Crippen LogP contribution in [-0.4, -0.2) is 29.9 Å². The lowest BCUT2D eigenvalue weighted by molar-refractivity contribution is -0.120. The lowest BCUT2D eigenvalue weighted by Crippen LogP contribution is -2.44. The predicted octanol–water partition coefficient (Wildman–Crippen LogP) is 4.68. The Morgan fingerprint density at radius 2 is 1.83 bits per heavy atom. The third-order valence-electron chi connectivity index (χ3n) is 5.90. The monoisotopic (exact) mass is 420 g/mol. The maximum Gasteiger partial charge on any atom is 0.231 e. The molecule has 1 N–H and O–H groups in total. The smallest absolute Gasteiger partial charge is 0.231 e. The molecule has 2 aliphatic rings. The summed E-state index contributed by atoms with van der Waals surface area (Å²) >= 11 is 1.56. The van der Waals surface area contributed by atoms with Crippen molar-refractivity contribution in [3.05, 3.63) is 60.3 Å². The summed E-state index contributed by atoms with van der Waals surface area (Å²) in [5.41, 5.74) is 1.73. The molecule has 1 aliphatic heterocycles. The Kier molecular flexibility index (Phi) is 5.25. The third-order valence-corrected chi connectivity index (χ3v) is 6.97. The molecule has 3 aromatic rings. The van der Waals surface area contributed by atoms with Gasteiger partial charge in [-0.25, -0.2) is 0 Å². The first-order chi connectivity index (χ1) is 14.7. The highest BCUT2D eigenvalue weighted by molar-refractivity contribution is 8.00. The van der Waals surface area contributed by atoms with Gasteiger partial charge in [0.2, 0.25) is 5.91 Å². The van der Waals surface area contributed by atoms with Crippen LogP contribution in [0.4, 0.5) is 0 Å². The number of pyridine rings is 1. The molecule has 5 nitrogen and oxygen atoms in total. The minimum atomic E-state index is -0.326. The highest BCUT2D eigenvalue weighted by Crippen LogP contribution is 2.42. The van der Waals surface area contributed by atoms with E-state index < -0.39 is 0 Å². The molecular formula is C24H24N2O3S. The number of hydrogen-bond acceptors (Lipinski definition) is 5. The van der Waals surface area contributed by atoms with E-state index in [-0.39, 0.29) is 11.4 Å². The maximum atomic E-state index is 13.0. The lowest BCUT2D eigenvalue weighted by atomic mass is 9.87. The van der Waals surface area contributed by atoms with E-state index in [0.29, 0.717) is 19.0 Å². The molecule has 1 aromatic heterocycles. The van der Waals surface area contributed by atoms with Gasteiger partial charge in [0.25, 0.3) is 0 Å². The first-order valence-corrected chi connectivity index (χ1v) is 11.4. The van der Waals surface area contributed by atoms with E-state index in [1.807, 2.05) is 36.4 Å². The van der Waals surface area contributed by atoms with Crippen molar-refractivity contribution in [1.29, 1.82) is 0 Å². The number of benzene rings is 2. The summed E-state index contributed by atoms with van der Waals surface area (Å²) in [4.78, 5) is 18.5. The normalized spacial score (nSPS) is 17.1. The van der Waals surface area contributed by atoms with Crippen LogP contribution in [-0.2, 0) is 10.3 Å². The molecule has 0 unspecified atom stereocenters. The second kappa shape index (κ2) is 8.19. The van der Waals surface area contributed by atoms with Crippen LogP contribution in [0.2, 0.25) is 0 Å². The highest BCUT2D eigenvalue weighted by atomic mass is 32.2. The van der Waals surface area contributed by atoms with Gasteiger partial charge in [0.15, 0.2) is 11.5 Å². The van der Waals surface area contributed by atoms with Gasteiger partial charge in [0.05, 0.1) is 16.8 Å². The maximum absolute atomic E-state index is 13.0. The lowest BCUT2D eigenvalue weighted by Gasteiger charge is -2.32. The Morgan fingerprint density at radius 1 is 1.03 bits per heavy atom. The molecule has 0 atom stereocenters. The van der Waals surface area contributed by atoms with E-state index in [2.05, 4.69) is 22.4 Å². The number of nitrogens with one attached hydrogen (secondary N) is 1. The van der Waals surface area contributed by atoms with Crippen LogP contribution in [0, 0.1) is 0 Å². The number of carbonyl (C=O) groups excluding carboxylic acids is 1. The van der Waals surface area contributed by atoms with Gasteiger partial charge in [-0.3, -0.25) is 9.78 Å². The number of rotatable bonds is 5. The zero-order valence-corrected chi connectivity index (χ0v) is 17.5. The van der Waals surface area contributed by atoms with Crippen LogP contribution in [0.25, 0.3) is 10.9 Å². The number of fused-ring (bicyclic) bond motifs is 2. The summed E-state index contributed by atoms with van der Waals surface area (Å²) in [5.74, 6) is 1.99. The van der Waals surface area contributed by atoms with Crippen LogP contribution in [0.5, 0.6) is 11.5 Å². The third kappa shape index (κ3) is 3.72. The molecule has 30 heavy (non-hydrogen) atoms. The number of para-hydroxylation sites is 1. The minimum absolute atomic E-state index is 0.0534. The molecule has 0 bridgehead atoms. The van der Waals surface area contributed by atoms with E-state index in [1.165, 1.54) is 0 Å². The summed E-state index contributed by atoms with van der Waals surface area (Å²) in [6, 6.07) is 16.1. The Balaban J connectivity index is 1.33. The average molecular weight is 421 g/mol. The first kappa shape index (κ1) is 19.2. The van der Waals surface area contributed by atoms with Crippen LogP contribution in [0.1, 0.15) is 31.2 Å².